The molecule has 3 N–H and O–H groups in total. The molecule has 5 heteroatoms. The van der Waals surface area contributed by atoms with Crippen LogP contribution >= 0.6 is 0 Å². The molecule has 1 heterocycles. The average molecular weight is 231 g/mol. The number of pyridine rings is 1. The molecule has 17 heavy (non-hydrogen) atoms. The van der Waals surface area contributed by atoms with Crippen LogP contribution in [0.3, 0.4) is 0 Å². The third kappa shape index (κ3) is 2.57. The molecule has 0 atom stereocenters. The van der Waals surface area contributed by atoms with Crippen LogP contribution in [0.2, 0.25) is 0 Å². The van der Waals surface area contributed by atoms with Gasteiger partial charge in [0.25, 0.3) is 0 Å². The van der Waals surface area contributed by atoms with Gasteiger partial charge in [0.2, 0.25) is 5.88 Å². The summed E-state index contributed by atoms with van der Waals surface area (Å²) in [6.07, 6.45) is 1.51. The molecule has 2 rings (SSSR count). The Balaban J connectivity index is 2.33. The normalized spacial score (nSPS) is 9.94. The molecule has 0 fully saturated rings. The van der Waals surface area contributed by atoms with E-state index in [1.54, 1.807) is 18.2 Å². The maximum Gasteiger partial charge on any atom is 0.230 e. The predicted octanol–water partition coefficient (Wildman–Crippen LogP) is 2.30. The fraction of sp³-hybridized carbons (Fsp3) is 0. The van der Waals surface area contributed by atoms with Crippen molar-refractivity contribution in [2.45, 2.75) is 0 Å². The second kappa shape index (κ2) is 4.61. The number of rotatable bonds is 3. The molecule has 0 saturated heterocycles. The van der Waals surface area contributed by atoms with Gasteiger partial charge in [-0.15, -0.1) is 0 Å². The maximum absolute atomic E-state index is 13.0. The van der Waals surface area contributed by atoms with Crippen molar-refractivity contribution in [3.63, 3.8) is 0 Å². The van der Waals surface area contributed by atoms with E-state index >= 15 is 0 Å². The van der Waals surface area contributed by atoms with Gasteiger partial charge in [0.1, 0.15) is 17.4 Å². The van der Waals surface area contributed by atoms with Crippen LogP contribution in [0.1, 0.15) is 5.56 Å². The summed E-state index contributed by atoms with van der Waals surface area (Å²) in [6, 6.07) is 8.94. The Morgan fingerprint density at radius 2 is 2.12 bits per heavy atom. The van der Waals surface area contributed by atoms with Crippen LogP contribution in [-0.2, 0) is 0 Å². The number of nitrogens with zero attached hydrogens (tertiary/aromatic N) is 1. The molecule has 0 radical (unpaired) electrons. The number of nitrogens with one attached hydrogen (secondary N) is 1. The largest absolute Gasteiger partial charge is 0.438 e. The number of benzene rings is 1. The number of nitrogen functional groups attached to an aromatic ring is 1. The zero-order valence-electron chi connectivity index (χ0n) is 8.85. The molecule has 0 aliphatic rings. The van der Waals surface area contributed by atoms with E-state index in [4.69, 9.17) is 15.9 Å². The molecule has 0 aliphatic carbocycles. The first kappa shape index (κ1) is 11.1. The third-order valence-electron chi connectivity index (χ3n) is 2.07. The highest BCUT2D eigenvalue weighted by Crippen LogP contribution is 2.22. The minimum Gasteiger partial charge on any atom is -0.438 e. The minimum absolute atomic E-state index is 0.149. The van der Waals surface area contributed by atoms with E-state index in [0.717, 1.165) is 0 Å². The standard InChI is InChI=1S/C12H10FN3O/c13-8-3-1-4-9(7-8)17-12-10(11(14)15)5-2-6-16-12/h1-7H,(H3,14,15). The number of halogens is 1. The van der Waals surface area contributed by atoms with Crippen molar-refractivity contribution in [3.05, 3.63) is 54.0 Å². The number of hydrogen-bond acceptors (Lipinski definition) is 3. The van der Waals surface area contributed by atoms with E-state index in [9.17, 15) is 4.39 Å². The van der Waals surface area contributed by atoms with Crippen LogP contribution in [0.4, 0.5) is 4.39 Å². The van der Waals surface area contributed by atoms with E-state index in [1.165, 1.54) is 24.4 Å². The Labute approximate surface area is 97.4 Å². The number of hydrogen-bond donors (Lipinski definition) is 2. The van der Waals surface area contributed by atoms with Gasteiger partial charge in [-0.2, -0.15) is 0 Å². The first-order valence-corrected chi connectivity index (χ1v) is 4.89. The summed E-state index contributed by atoms with van der Waals surface area (Å²) in [6.45, 7) is 0. The van der Waals surface area contributed by atoms with Gasteiger partial charge < -0.3 is 10.5 Å². The van der Waals surface area contributed by atoms with Crippen LogP contribution in [0.5, 0.6) is 11.6 Å². The van der Waals surface area contributed by atoms with Crippen LogP contribution in [-0.4, -0.2) is 10.8 Å². The fourth-order valence-corrected chi connectivity index (χ4v) is 1.32. The average Bonchev–Trinajstić information content (AvgIpc) is 2.29. The zero-order valence-corrected chi connectivity index (χ0v) is 8.85. The second-order valence-electron chi connectivity index (χ2n) is 3.33. The van der Waals surface area contributed by atoms with E-state index in [-0.39, 0.29) is 11.7 Å². The smallest absolute Gasteiger partial charge is 0.230 e. The lowest BCUT2D eigenvalue weighted by Crippen LogP contribution is -2.12. The van der Waals surface area contributed by atoms with Crippen molar-refractivity contribution >= 4 is 5.84 Å². The van der Waals surface area contributed by atoms with Crippen molar-refractivity contribution in [1.29, 1.82) is 5.41 Å². The minimum atomic E-state index is -0.400. The first-order valence-electron chi connectivity index (χ1n) is 4.89. The maximum atomic E-state index is 13.0. The Bertz CT molecular complexity index is 557. The number of aromatic nitrogens is 1. The van der Waals surface area contributed by atoms with E-state index < -0.39 is 5.82 Å². The van der Waals surface area contributed by atoms with Gasteiger partial charge in [-0.05, 0) is 24.3 Å². The predicted molar refractivity (Wildman–Crippen MR) is 61.7 cm³/mol. The Morgan fingerprint density at radius 3 is 2.82 bits per heavy atom. The quantitative estimate of drug-likeness (QED) is 0.628. The zero-order chi connectivity index (χ0) is 12.3. The van der Waals surface area contributed by atoms with Crippen molar-refractivity contribution in [3.8, 4) is 11.6 Å². The third-order valence-corrected chi connectivity index (χ3v) is 2.07. The van der Waals surface area contributed by atoms with Crippen molar-refractivity contribution < 1.29 is 9.13 Å². The lowest BCUT2D eigenvalue weighted by molar-refractivity contribution is 0.457. The summed E-state index contributed by atoms with van der Waals surface area (Å²) in [4.78, 5) is 3.96. The fourth-order valence-electron chi connectivity index (χ4n) is 1.32. The molecular formula is C12H10FN3O. The van der Waals surface area contributed by atoms with Crippen molar-refractivity contribution in [1.82, 2.24) is 4.98 Å². The highest BCUT2D eigenvalue weighted by Gasteiger charge is 2.08. The van der Waals surface area contributed by atoms with Crippen molar-refractivity contribution in [2.75, 3.05) is 0 Å². The topological polar surface area (TPSA) is 72.0 Å². The SMILES string of the molecule is N=C(N)c1cccnc1Oc1cccc(F)c1. The molecule has 0 spiro atoms. The molecule has 0 aliphatic heterocycles. The van der Waals surface area contributed by atoms with Gasteiger partial charge in [-0.25, -0.2) is 9.37 Å². The van der Waals surface area contributed by atoms with Gasteiger partial charge in [-0.1, -0.05) is 6.07 Å². The lowest BCUT2D eigenvalue weighted by atomic mass is 10.2. The van der Waals surface area contributed by atoms with E-state index in [1.807, 2.05) is 0 Å². The summed E-state index contributed by atoms with van der Waals surface area (Å²) < 4.78 is 18.3. The first-order chi connectivity index (χ1) is 8.16. The van der Waals surface area contributed by atoms with Crippen LogP contribution in [0.15, 0.2) is 42.6 Å². The second-order valence-corrected chi connectivity index (χ2v) is 3.33. The van der Waals surface area contributed by atoms with Crippen LogP contribution in [0.25, 0.3) is 0 Å². The summed E-state index contributed by atoms with van der Waals surface area (Å²) in [7, 11) is 0. The van der Waals surface area contributed by atoms with Gasteiger partial charge in [0.15, 0.2) is 0 Å². The molecule has 2 aromatic rings. The summed E-state index contributed by atoms with van der Waals surface area (Å²) in [5, 5.41) is 7.37. The van der Waals surface area contributed by atoms with Gasteiger partial charge in [0.05, 0.1) is 5.56 Å². The molecule has 0 bridgehead atoms. The number of amidine groups is 1. The van der Waals surface area contributed by atoms with Gasteiger partial charge in [0, 0.05) is 12.3 Å². The van der Waals surface area contributed by atoms with Crippen LogP contribution in [0, 0.1) is 11.2 Å². The molecular weight excluding hydrogens is 221 g/mol. The molecule has 1 aromatic heterocycles. The van der Waals surface area contributed by atoms with Gasteiger partial charge in [-0.3, -0.25) is 5.41 Å². The molecule has 0 amide bonds. The van der Waals surface area contributed by atoms with Crippen LogP contribution < -0.4 is 10.5 Å². The summed E-state index contributed by atoms with van der Waals surface area (Å²) in [5.41, 5.74) is 5.76. The summed E-state index contributed by atoms with van der Waals surface area (Å²) in [5.74, 6) is -0.0518. The van der Waals surface area contributed by atoms with Crippen molar-refractivity contribution in [2.24, 2.45) is 5.73 Å². The number of ether oxygens (including phenoxy) is 1. The monoisotopic (exact) mass is 231 g/mol. The highest BCUT2D eigenvalue weighted by molar-refractivity contribution is 5.97. The lowest BCUT2D eigenvalue weighted by Gasteiger charge is -2.08. The molecule has 0 saturated carbocycles. The van der Waals surface area contributed by atoms with E-state index in [2.05, 4.69) is 4.98 Å². The number of nitrogens with two attached hydrogens (primary N) is 1. The summed E-state index contributed by atoms with van der Waals surface area (Å²) >= 11 is 0. The van der Waals surface area contributed by atoms with E-state index in [0.29, 0.717) is 11.3 Å². The molecule has 4 nitrogen and oxygen atoms in total. The van der Waals surface area contributed by atoms with Gasteiger partial charge >= 0.3 is 0 Å². The Hall–Kier alpha value is -2.43. The highest BCUT2D eigenvalue weighted by atomic mass is 19.1. The molecule has 0 unspecified atom stereocenters. The Morgan fingerprint density at radius 1 is 1.29 bits per heavy atom. The molecule has 86 valence electrons. The Kier molecular flexibility index (Phi) is 3.00. The molecule has 1 aromatic carbocycles.